The highest BCUT2D eigenvalue weighted by Crippen LogP contribution is 2.43. The van der Waals surface area contributed by atoms with Crippen LogP contribution in [0.3, 0.4) is 0 Å². The number of ketones is 1. The summed E-state index contributed by atoms with van der Waals surface area (Å²) < 4.78 is 10.7. The highest BCUT2D eigenvalue weighted by atomic mass is 16.6. The number of benzene rings is 1. The van der Waals surface area contributed by atoms with E-state index in [-0.39, 0.29) is 23.3 Å². The average molecular weight is 278 g/mol. The molecule has 2 heterocycles. The largest absolute Gasteiger partial charge is 0.490 e. The van der Waals surface area contributed by atoms with Crippen LogP contribution in [0.15, 0.2) is 12.1 Å². The molecule has 20 heavy (non-hydrogen) atoms. The summed E-state index contributed by atoms with van der Waals surface area (Å²) in [5.41, 5.74) is 0.647. The predicted molar refractivity (Wildman–Crippen MR) is 70.5 cm³/mol. The fourth-order valence-electron chi connectivity index (χ4n) is 2.74. The molecule has 0 aromatic heterocycles. The van der Waals surface area contributed by atoms with Gasteiger partial charge in [-0.15, -0.1) is 0 Å². The molecule has 0 N–H and O–H groups in total. The number of hydrogen-bond acceptors (Lipinski definition) is 6. The Morgan fingerprint density at radius 2 is 2.30 bits per heavy atom. The maximum absolute atomic E-state index is 11.5. The molecule has 0 saturated carbocycles. The number of hydrogen-bond donors (Lipinski definition) is 0. The molecule has 2 aliphatic heterocycles. The summed E-state index contributed by atoms with van der Waals surface area (Å²) >= 11 is 0. The summed E-state index contributed by atoms with van der Waals surface area (Å²) in [7, 11) is 1.40. The van der Waals surface area contributed by atoms with Crippen molar-refractivity contribution in [3.63, 3.8) is 0 Å². The number of anilines is 1. The normalized spacial score (nSPS) is 20.8. The Bertz CT molecular complexity index is 586. The number of carbonyl (C=O) groups is 1. The third-order valence-corrected chi connectivity index (χ3v) is 3.73. The van der Waals surface area contributed by atoms with E-state index in [1.54, 1.807) is 6.07 Å². The summed E-state index contributed by atoms with van der Waals surface area (Å²) in [6.45, 7) is 0.989. The minimum atomic E-state index is -0.492. The maximum atomic E-state index is 11.5. The SMILES string of the molecule is COc1cc2c(cc1[N+](=O)[O-])OC[C@H]1CC(=O)CCN21. The zero-order valence-corrected chi connectivity index (χ0v) is 11.0. The molecular formula is C13H14N2O5. The third kappa shape index (κ3) is 1.95. The van der Waals surface area contributed by atoms with Crippen LogP contribution in [0.4, 0.5) is 11.4 Å². The van der Waals surface area contributed by atoms with Crippen molar-refractivity contribution in [1.29, 1.82) is 0 Å². The summed E-state index contributed by atoms with van der Waals surface area (Å²) in [6, 6.07) is 3.02. The molecule has 106 valence electrons. The standard InChI is InChI=1S/C13H14N2O5/c1-19-12-5-10-13(6-11(12)15(17)18)20-7-8-4-9(16)2-3-14(8)10/h5-6,8H,2-4,7H2,1H3/t8-/m1/s1. The summed E-state index contributed by atoms with van der Waals surface area (Å²) in [4.78, 5) is 24.1. The number of fused-ring (bicyclic) bond motifs is 3. The number of nitro benzene ring substituents is 1. The smallest absolute Gasteiger partial charge is 0.314 e. The van der Waals surface area contributed by atoms with Gasteiger partial charge in [-0.3, -0.25) is 14.9 Å². The highest BCUT2D eigenvalue weighted by Gasteiger charge is 2.35. The zero-order valence-electron chi connectivity index (χ0n) is 11.0. The number of piperidine rings is 1. The van der Waals surface area contributed by atoms with Gasteiger partial charge < -0.3 is 14.4 Å². The van der Waals surface area contributed by atoms with Gasteiger partial charge in [0.1, 0.15) is 18.1 Å². The predicted octanol–water partition coefficient (Wildman–Crippen LogP) is 1.53. The van der Waals surface area contributed by atoms with Crippen molar-refractivity contribution in [3.8, 4) is 11.5 Å². The van der Waals surface area contributed by atoms with Crippen LogP contribution in [0.2, 0.25) is 0 Å². The second-order valence-electron chi connectivity index (χ2n) is 4.90. The lowest BCUT2D eigenvalue weighted by molar-refractivity contribution is -0.385. The number of nitro groups is 1. The van der Waals surface area contributed by atoms with Gasteiger partial charge in [0.25, 0.3) is 0 Å². The Labute approximate surface area is 115 Å². The van der Waals surface area contributed by atoms with Crippen molar-refractivity contribution >= 4 is 17.2 Å². The van der Waals surface area contributed by atoms with Crippen LogP contribution in [-0.4, -0.2) is 37.0 Å². The Kier molecular flexibility index (Phi) is 2.96. The average Bonchev–Trinajstić information content (AvgIpc) is 2.45. The van der Waals surface area contributed by atoms with Gasteiger partial charge in [0.15, 0.2) is 5.75 Å². The molecule has 1 fully saturated rings. The van der Waals surface area contributed by atoms with E-state index in [1.807, 2.05) is 0 Å². The first-order valence-electron chi connectivity index (χ1n) is 6.37. The van der Waals surface area contributed by atoms with Gasteiger partial charge in [-0.2, -0.15) is 0 Å². The second kappa shape index (κ2) is 4.66. The minimum Gasteiger partial charge on any atom is -0.490 e. The van der Waals surface area contributed by atoms with Gasteiger partial charge in [0.05, 0.1) is 29.8 Å². The van der Waals surface area contributed by atoms with E-state index in [0.717, 1.165) is 5.69 Å². The van der Waals surface area contributed by atoms with Gasteiger partial charge in [0, 0.05) is 25.5 Å². The number of Topliss-reactive ketones (excluding diaryl/α,β-unsaturated/α-hetero) is 1. The number of carbonyl (C=O) groups excluding carboxylic acids is 1. The molecule has 0 aliphatic carbocycles. The van der Waals surface area contributed by atoms with Crippen LogP contribution in [0.5, 0.6) is 11.5 Å². The summed E-state index contributed by atoms with van der Waals surface area (Å²) in [5.74, 6) is 0.908. The van der Waals surface area contributed by atoms with E-state index >= 15 is 0 Å². The lowest BCUT2D eigenvalue weighted by Crippen LogP contribution is -2.48. The van der Waals surface area contributed by atoms with Crippen LogP contribution in [0.1, 0.15) is 12.8 Å². The molecule has 7 heteroatoms. The molecule has 1 aromatic rings. The molecule has 3 rings (SSSR count). The lowest BCUT2D eigenvalue weighted by atomic mass is 9.99. The maximum Gasteiger partial charge on any atom is 0.314 e. The second-order valence-corrected chi connectivity index (χ2v) is 4.90. The minimum absolute atomic E-state index is 0.00918. The van der Waals surface area contributed by atoms with Crippen molar-refractivity contribution in [2.75, 3.05) is 25.2 Å². The number of ether oxygens (including phenoxy) is 2. The monoisotopic (exact) mass is 278 g/mol. The lowest BCUT2D eigenvalue weighted by Gasteiger charge is -2.41. The Hall–Kier alpha value is -2.31. The van der Waals surface area contributed by atoms with Gasteiger partial charge >= 0.3 is 5.69 Å². The van der Waals surface area contributed by atoms with Crippen molar-refractivity contribution in [2.45, 2.75) is 18.9 Å². The van der Waals surface area contributed by atoms with Gasteiger partial charge in [-0.1, -0.05) is 0 Å². The Balaban J connectivity index is 2.04. The molecule has 1 atom stereocenters. The molecule has 0 unspecified atom stereocenters. The van der Waals surface area contributed by atoms with Crippen LogP contribution >= 0.6 is 0 Å². The fourth-order valence-corrected chi connectivity index (χ4v) is 2.74. The molecule has 1 aromatic carbocycles. The van der Waals surface area contributed by atoms with Crippen LogP contribution in [0.25, 0.3) is 0 Å². The number of methoxy groups -OCH3 is 1. The third-order valence-electron chi connectivity index (χ3n) is 3.73. The van der Waals surface area contributed by atoms with E-state index in [2.05, 4.69) is 4.90 Å². The topological polar surface area (TPSA) is 81.9 Å². The Morgan fingerprint density at radius 1 is 1.50 bits per heavy atom. The van der Waals surface area contributed by atoms with Gasteiger partial charge in [0.2, 0.25) is 0 Å². The van der Waals surface area contributed by atoms with Gasteiger partial charge in [-0.05, 0) is 0 Å². The van der Waals surface area contributed by atoms with E-state index in [0.29, 0.717) is 31.7 Å². The molecular weight excluding hydrogens is 264 g/mol. The molecule has 2 aliphatic rings. The first-order chi connectivity index (χ1) is 9.60. The van der Waals surface area contributed by atoms with Crippen LogP contribution in [-0.2, 0) is 4.79 Å². The first kappa shape index (κ1) is 12.7. The van der Waals surface area contributed by atoms with Crippen molar-refractivity contribution in [2.24, 2.45) is 0 Å². The number of rotatable bonds is 2. The quantitative estimate of drug-likeness (QED) is 0.602. The molecule has 0 bridgehead atoms. The molecule has 0 amide bonds. The van der Waals surface area contributed by atoms with E-state index < -0.39 is 4.92 Å². The molecule has 0 spiro atoms. The molecule has 1 saturated heterocycles. The summed E-state index contributed by atoms with van der Waals surface area (Å²) in [5, 5.41) is 11.0. The van der Waals surface area contributed by atoms with E-state index in [9.17, 15) is 14.9 Å². The van der Waals surface area contributed by atoms with E-state index in [4.69, 9.17) is 9.47 Å². The van der Waals surface area contributed by atoms with E-state index in [1.165, 1.54) is 13.2 Å². The molecule has 0 radical (unpaired) electrons. The summed E-state index contributed by atoms with van der Waals surface area (Å²) in [6.07, 6.45) is 0.952. The molecule has 7 nitrogen and oxygen atoms in total. The van der Waals surface area contributed by atoms with Crippen molar-refractivity contribution in [3.05, 3.63) is 22.2 Å². The number of nitrogens with zero attached hydrogens (tertiary/aromatic N) is 2. The van der Waals surface area contributed by atoms with Gasteiger partial charge in [-0.25, -0.2) is 0 Å². The highest BCUT2D eigenvalue weighted by molar-refractivity contribution is 5.83. The van der Waals surface area contributed by atoms with Crippen molar-refractivity contribution in [1.82, 2.24) is 0 Å². The first-order valence-corrected chi connectivity index (χ1v) is 6.37. The van der Waals surface area contributed by atoms with Crippen molar-refractivity contribution < 1.29 is 19.2 Å². The Morgan fingerprint density at radius 3 is 3.00 bits per heavy atom. The fraction of sp³-hybridized carbons (Fsp3) is 0.462. The van der Waals surface area contributed by atoms with Crippen LogP contribution in [0, 0.1) is 10.1 Å². The zero-order chi connectivity index (χ0) is 14.3. The van der Waals surface area contributed by atoms with Crippen LogP contribution < -0.4 is 14.4 Å².